The number of amides is 1. The van der Waals surface area contributed by atoms with E-state index >= 15 is 0 Å². The number of carbonyl (C=O) groups is 1. The number of hydrogen-bond donors (Lipinski definition) is 3. The third kappa shape index (κ3) is 4.10. The summed E-state index contributed by atoms with van der Waals surface area (Å²) in [5.41, 5.74) is -1.19. The number of pyridine rings is 1. The predicted octanol–water partition coefficient (Wildman–Crippen LogP) is 1.85. The van der Waals surface area contributed by atoms with Gasteiger partial charge in [0.1, 0.15) is 11.8 Å². The first-order valence-electron chi connectivity index (χ1n) is 7.44. The second-order valence-corrected chi connectivity index (χ2v) is 5.47. The van der Waals surface area contributed by atoms with Gasteiger partial charge in [0.05, 0.1) is 4.92 Å². The van der Waals surface area contributed by atoms with E-state index in [1.165, 1.54) is 24.3 Å². The first kappa shape index (κ1) is 19.2. The van der Waals surface area contributed by atoms with Crippen LogP contribution >= 0.6 is 0 Å². The molecule has 0 aliphatic rings. The zero-order valence-corrected chi connectivity index (χ0v) is 14.0. The molecule has 1 amide bonds. The number of hydrogen-bond acceptors (Lipinski definition) is 8. The number of aromatic nitrogens is 1. The van der Waals surface area contributed by atoms with Crippen molar-refractivity contribution < 1.29 is 25.0 Å². The molecule has 1 heterocycles. The highest BCUT2D eigenvalue weighted by molar-refractivity contribution is 6.03. The number of aromatic hydroxyl groups is 2. The van der Waals surface area contributed by atoms with Gasteiger partial charge in [0, 0.05) is 37.6 Å². The Balaban J connectivity index is 2.42. The molecule has 0 aliphatic carbocycles. The number of aliphatic hydroxyl groups excluding tert-OH is 1. The SMILES string of the molecule is CN(Cc1ccncc1)C(=O)/C(C#N)=C(\O)c1cc(O)c(O)c([N+](=O)[O-])c1. The van der Waals surface area contributed by atoms with Gasteiger partial charge >= 0.3 is 5.69 Å². The summed E-state index contributed by atoms with van der Waals surface area (Å²) in [6.07, 6.45) is 3.06. The van der Waals surface area contributed by atoms with Gasteiger partial charge in [-0.2, -0.15) is 5.26 Å². The molecule has 3 N–H and O–H groups in total. The van der Waals surface area contributed by atoms with Crippen molar-refractivity contribution >= 4 is 17.4 Å². The first-order valence-corrected chi connectivity index (χ1v) is 7.44. The third-order valence-corrected chi connectivity index (χ3v) is 3.62. The molecule has 0 aliphatic heterocycles. The lowest BCUT2D eigenvalue weighted by Crippen LogP contribution is -2.28. The average Bonchev–Trinajstić information content (AvgIpc) is 2.64. The minimum absolute atomic E-state index is 0.126. The lowest BCUT2D eigenvalue weighted by atomic mass is 10.1. The molecule has 2 aromatic rings. The van der Waals surface area contributed by atoms with Crippen molar-refractivity contribution in [1.82, 2.24) is 9.88 Å². The maximum absolute atomic E-state index is 12.5. The van der Waals surface area contributed by atoms with Crippen molar-refractivity contribution in [1.29, 1.82) is 5.26 Å². The second-order valence-electron chi connectivity index (χ2n) is 5.47. The average molecular weight is 370 g/mol. The highest BCUT2D eigenvalue weighted by atomic mass is 16.6. The Labute approximate surface area is 153 Å². The van der Waals surface area contributed by atoms with Crippen LogP contribution in [0.15, 0.2) is 42.2 Å². The number of benzene rings is 1. The van der Waals surface area contributed by atoms with Crippen molar-refractivity contribution in [2.45, 2.75) is 6.54 Å². The first-order chi connectivity index (χ1) is 12.8. The lowest BCUT2D eigenvalue weighted by Gasteiger charge is -2.17. The van der Waals surface area contributed by atoms with Gasteiger partial charge in [-0.3, -0.25) is 19.9 Å². The van der Waals surface area contributed by atoms with E-state index in [0.29, 0.717) is 0 Å². The number of phenolic OH excluding ortho intramolecular Hbond substituents is 2. The number of nitro groups is 1. The van der Waals surface area contributed by atoms with Crippen LogP contribution in [0.5, 0.6) is 11.5 Å². The number of nitriles is 1. The Morgan fingerprint density at radius 1 is 1.33 bits per heavy atom. The second kappa shape index (κ2) is 7.83. The van der Waals surface area contributed by atoms with Crippen molar-refractivity contribution in [2.24, 2.45) is 0 Å². The van der Waals surface area contributed by atoms with Crippen molar-refractivity contribution in [2.75, 3.05) is 7.05 Å². The molecule has 0 fully saturated rings. The highest BCUT2D eigenvalue weighted by Crippen LogP contribution is 2.38. The van der Waals surface area contributed by atoms with Gasteiger partial charge in [0.2, 0.25) is 5.75 Å². The molecule has 10 nitrogen and oxygen atoms in total. The van der Waals surface area contributed by atoms with Gasteiger partial charge in [0.15, 0.2) is 11.3 Å². The summed E-state index contributed by atoms with van der Waals surface area (Å²) in [4.78, 5) is 27.5. The maximum atomic E-state index is 12.5. The van der Waals surface area contributed by atoms with E-state index in [2.05, 4.69) is 4.98 Å². The van der Waals surface area contributed by atoms with E-state index in [0.717, 1.165) is 17.7 Å². The van der Waals surface area contributed by atoms with Gasteiger partial charge in [-0.1, -0.05) is 0 Å². The summed E-state index contributed by atoms with van der Waals surface area (Å²) in [6.45, 7) is 0.126. The Morgan fingerprint density at radius 2 is 1.96 bits per heavy atom. The van der Waals surface area contributed by atoms with Gasteiger partial charge in [0.25, 0.3) is 5.91 Å². The molecule has 10 heteroatoms. The van der Waals surface area contributed by atoms with Gasteiger partial charge in [-0.25, -0.2) is 0 Å². The molecule has 2 rings (SSSR count). The number of aliphatic hydroxyl groups is 1. The summed E-state index contributed by atoms with van der Waals surface area (Å²) in [5.74, 6) is -3.55. The molecule has 0 atom stereocenters. The monoisotopic (exact) mass is 370 g/mol. The van der Waals surface area contributed by atoms with Crippen LogP contribution in [0.2, 0.25) is 0 Å². The summed E-state index contributed by atoms with van der Waals surface area (Å²) in [5, 5.41) is 49.6. The summed E-state index contributed by atoms with van der Waals surface area (Å²) in [7, 11) is 1.41. The summed E-state index contributed by atoms with van der Waals surface area (Å²) < 4.78 is 0. The zero-order valence-electron chi connectivity index (χ0n) is 14.0. The Hall–Kier alpha value is -4.13. The van der Waals surface area contributed by atoms with Crippen LogP contribution in [0.3, 0.4) is 0 Å². The topological polar surface area (TPSA) is 161 Å². The van der Waals surface area contributed by atoms with Crippen LogP contribution in [0.25, 0.3) is 5.76 Å². The molecule has 27 heavy (non-hydrogen) atoms. The van der Waals surface area contributed by atoms with Crippen LogP contribution in [0.1, 0.15) is 11.1 Å². The molecule has 0 saturated carbocycles. The maximum Gasteiger partial charge on any atom is 0.315 e. The molecule has 0 bridgehead atoms. The molecule has 0 saturated heterocycles. The molecule has 138 valence electrons. The summed E-state index contributed by atoms with van der Waals surface area (Å²) in [6, 6.07) is 6.46. The fourth-order valence-electron chi connectivity index (χ4n) is 2.25. The van der Waals surface area contributed by atoms with E-state index in [1.807, 2.05) is 0 Å². The van der Waals surface area contributed by atoms with E-state index in [4.69, 9.17) is 0 Å². The highest BCUT2D eigenvalue weighted by Gasteiger charge is 2.25. The smallest absolute Gasteiger partial charge is 0.315 e. The fraction of sp³-hybridized carbons (Fsp3) is 0.118. The molecule has 0 unspecified atom stereocenters. The van der Waals surface area contributed by atoms with Gasteiger partial charge in [-0.05, 0) is 23.8 Å². The number of nitro benzene ring substituents is 1. The Bertz CT molecular complexity index is 965. The normalized spacial score (nSPS) is 11.3. The van der Waals surface area contributed by atoms with Crippen molar-refractivity contribution in [3.8, 4) is 17.6 Å². The number of phenols is 2. The Morgan fingerprint density at radius 3 is 2.52 bits per heavy atom. The van der Waals surface area contributed by atoms with Crippen LogP contribution in [0.4, 0.5) is 5.69 Å². The van der Waals surface area contributed by atoms with E-state index in [1.54, 1.807) is 18.2 Å². The van der Waals surface area contributed by atoms with Gasteiger partial charge in [-0.15, -0.1) is 0 Å². The quantitative estimate of drug-likeness (QED) is 0.179. The molecular formula is C17H14N4O6. The zero-order chi connectivity index (χ0) is 20.1. The van der Waals surface area contributed by atoms with Crippen LogP contribution in [-0.4, -0.2) is 43.1 Å². The molecule has 1 aromatic carbocycles. The summed E-state index contributed by atoms with van der Waals surface area (Å²) >= 11 is 0. The third-order valence-electron chi connectivity index (χ3n) is 3.62. The minimum Gasteiger partial charge on any atom is -0.506 e. The Kier molecular flexibility index (Phi) is 5.57. The molecule has 0 spiro atoms. The van der Waals surface area contributed by atoms with Crippen molar-refractivity contribution in [3.63, 3.8) is 0 Å². The van der Waals surface area contributed by atoms with Crippen LogP contribution in [-0.2, 0) is 11.3 Å². The minimum atomic E-state index is -0.990. The fourth-order valence-corrected chi connectivity index (χ4v) is 2.25. The van der Waals surface area contributed by atoms with Crippen LogP contribution < -0.4 is 0 Å². The van der Waals surface area contributed by atoms with Crippen molar-refractivity contribution in [3.05, 3.63) is 63.5 Å². The molecular weight excluding hydrogens is 356 g/mol. The number of nitrogens with zero attached hydrogens (tertiary/aromatic N) is 4. The number of likely N-dealkylation sites (N-methyl/N-ethyl adjacent to an activating group) is 1. The lowest BCUT2D eigenvalue weighted by molar-refractivity contribution is -0.386. The number of carbonyl (C=O) groups excluding carboxylic acids is 1. The largest absolute Gasteiger partial charge is 0.506 e. The number of rotatable bonds is 5. The van der Waals surface area contributed by atoms with Gasteiger partial charge < -0.3 is 20.2 Å². The molecule has 1 aromatic heterocycles. The van der Waals surface area contributed by atoms with E-state index in [-0.39, 0.29) is 12.1 Å². The van der Waals surface area contributed by atoms with E-state index < -0.39 is 39.3 Å². The molecule has 0 radical (unpaired) electrons. The standard InChI is InChI=1S/C17H14N4O6/c1-20(9-10-2-4-19-5-3-10)17(25)12(8-18)15(23)11-6-13(21(26)27)16(24)14(22)7-11/h2-7,22-24H,9H2,1H3/b15-12-. The predicted molar refractivity (Wildman–Crippen MR) is 92.3 cm³/mol. The van der Waals surface area contributed by atoms with Crippen LogP contribution in [0, 0.1) is 21.4 Å². The van der Waals surface area contributed by atoms with E-state index in [9.17, 15) is 35.5 Å².